The van der Waals surface area contributed by atoms with Crippen molar-refractivity contribution in [2.75, 3.05) is 27.2 Å². The Balaban J connectivity index is 3.56. The molecule has 80 valence electrons. The third-order valence-electron chi connectivity index (χ3n) is 1.27. The second-order valence-corrected chi connectivity index (χ2v) is 6.65. The van der Waals surface area contributed by atoms with Crippen molar-refractivity contribution in [1.82, 2.24) is 9.99 Å². The number of nitrogens with one attached hydrogen (secondary N) is 1. The highest BCUT2D eigenvalue weighted by molar-refractivity contribution is 14.1. The van der Waals surface area contributed by atoms with Crippen LogP contribution in [0.1, 0.15) is 6.42 Å². The smallest absolute Gasteiger partial charge is 0.309 e. The van der Waals surface area contributed by atoms with Gasteiger partial charge in [-0.1, -0.05) is 0 Å². The van der Waals surface area contributed by atoms with Gasteiger partial charge in [0.1, 0.15) is 46.0 Å². The predicted octanol–water partition coefficient (Wildman–Crippen LogP) is 2.37. The van der Waals surface area contributed by atoms with Crippen LogP contribution >= 0.6 is 53.8 Å². The highest BCUT2D eigenvalue weighted by Gasteiger charge is 2.21. The van der Waals surface area contributed by atoms with Gasteiger partial charge < -0.3 is 4.90 Å². The van der Waals surface area contributed by atoms with Crippen LogP contribution in [0, 0.1) is 0 Å². The van der Waals surface area contributed by atoms with Crippen LogP contribution in [0.2, 0.25) is 0 Å². The Kier molecular flexibility index (Phi) is 8.69. The van der Waals surface area contributed by atoms with Gasteiger partial charge in [-0.2, -0.15) is 0 Å². The Hall–Kier alpha value is 1.53. The lowest BCUT2D eigenvalue weighted by molar-refractivity contribution is 0.393. The fourth-order valence-corrected chi connectivity index (χ4v) is 3.46. The third-order valence-corrected chi connectivity index (χ3v) is 5.35. The first kappa shape index (κ1) is 14.5. The summed E-state index contributed by atoms with van der Waals surface area (Å²) in [6.07, 6.45) is 0.900. The summed E-state index contributed by atoms with van der Waals surface area (Å²) in [6, 6.07) is 0. The highest BCUT2D eigenvalue weighted by Crippen LogP contribution is 2.47. The summed E-state index contributed by atoms with van der Waals surface area (Å²) >= 11 is 3.13. The van der Waals surface area contributed by atoms with Gasteiger partial charge in [0.15, 0.2) is 0 Å². The van der Waals surface area contributed by atoms with Crippen LogP contribution in [0.3, 0.4) is 0 Å². The van der Waals surface area contributed by atoms with Crippen molar-refractivity contribution >= 4 is 53.8 Å². The van der Waals surface area contributed by atoms with Gasteiger partial charge in [0, 0.05) is 6.54 Å². The van der Waals surface area contributed by atoms with E-state index in [0.717, 1.165) is 13.0 Å². The number of halogens is 2. The maximum atomic E-state index is 11.4. The second kappa shape index (κ2) is 7.77. The van der Waals surface area contributed by atoms with Crippen molar-refractivity contribution in [3.63, 3.8) is 0 Å². The van der Waals surface area contributed by atoms with Crippen molar-refractivity contribution in [2.24, 2.45) is 0 Å². The molecule has 5 nitrogen and oxygen atoms in total. The molecular formula is C5H13I2N2O3P. The van der Waals surface area contributed by atoms with Crippen LogP contribution in [0.5, 0.6) is 0 Å². The van der Waals surface area contributed by atoms with Crippen molar-refractivity contribution in [1.29, 1.82) is 0 Å². The van der Waals surface area contributed by atoms with E-state index in [4.69, 9.17) is 0 Å². The van der Waals surface area contributed by atoms with Gasteiger partial charge in [-0.05, 0) is 27.1 Å². The molecule has 8 heteroatoms. The highest BCUT2D eigenvalue weighted by atomic mass is 127. The summed E-state index contributed by atoms with van der Waals surface area (Å²) in [5, 5.41) is 2.72. The maximum Gasteiger partial charge on any atom is 0.424 e. The number of hydrogen-bond donors (Lipinski definition) is 1. The molecule has 0 saturated carbocycles. The molecule has 0 spiro atoms. The predicted molar refractivity (Wildman–Crippen MR) is 69.0 cm³/mol. The minimum Gasteiger partial charge on any atom is -0.309 e. The van der Waals surface area contributed by atoms with E-state index in [9.17, 15) is 4.57 Å². The van der Waals surface area contributed by atoms with Gasteiger partial charge in [-0.15, -0.1) is 0 Å². The zero-order valence-electron chi connectivity index (χ0n) is 7.50. The normalized spacial score (nSPS) is 12.4. The molecule has 0 aliphatic heterocycles. The Morgan fingerprint density at radius 3 is 2.31 bits per heavy atom. The van der Waals surface area contributed by atoms with Crippen LogP contribution < -0.4 is 5.09 Å². The molecule has 0 aliphatic carbocycles. The second-order valence-electron chi connectivity index (χ2n) is 2.70. The molecule has 0 bridgehead atoms. The molecule has 0 aromatic rings. The van der Waals surface area contributed by atoms with Gasteiger partial charge in [0.05, 0.1) is 0 Å². The molecule has 0 saturated heterocycles. The first-order chi connectivity index (χ1) is 6.04. The Morgan fingerprint density at radius 2 is 1.92 bits per heavy atom. The van der Waals surface area contributed by atoms with Crippen LogP contribution in [-0.2, 0) is 10.3 Å². The summed E-state index contributed by atoms with van der Waals surface area (Å²) < 4.78 is 20.7. The topological polar surface area (TPSA) is 50.8 Å². The Bertz CT molecular complexity index is 173. The van der Waals surface area contributed by atoms with E-state index in [1.165, 1.54) is 0 Å². The van der Waals surface area contributed by atoms with Gasteiger partial charge in [0.2, 0.25) is 0 Å². The zero-order chi connectivity index (χ0) is 10.3. The minimum atomic E-state index is -3.04. The van der Waals surface area contributed by atoms with Crippen molar-refractivity contribution < 1.29 is 10.3 Å². The fraction of sp³-hybridized carbons (Fsp3) is 1.00. The van der Waals surface area contributed by atoms with E-state index >= 15 is 0 Å². The van der Waals surface area contributed by atoms with E-state index in [2.05, 4.69) is 15.7 Å². The average Bonchev–Trinajstić information content (AvgIpc) is 2.12. The molecule has 0 atom stereocenters. The first-order valence-electron chi connectivity index (χ1n) is 3.64. The number of nitrogens with zero attached hydrogens (tertiary/aromatic N) is 1. The summed E-state index contributed by atoms with van der Waals surface area (Å²) in [7, 11) is 0.942. The van der Waals surface area contributed by atoms with Crippen LogP contribution in [0.25, 0.3) is 0 Å². The molecule has 0 rings (SSSR count). The SMILES string of the molecule is CN(C)CCCNP(=O)(OI)OI. The van der Waals surface area contributed by atoms with E-state index in [0.29, 0.717) is 6.54 Å². The Labute approximate surface area is 107 Å². The van der Waals surface area contributed by atoms with Gasteiger partial charge in [-0.3, -0.25) is 0 Å². The molecule has 0 aromatic heterocycles. The molecule has 13 heavy (non-hydrogen) atoms. The fourth-order valence-electron chi connectivity index (χ4n) is 0.671. The van der Waals surface area contributed by atoms with E-state index in [1.807, 2.05) is 14.1 Å². The average molecular weight is 434 g/mol. The van der Waals surface area contributed by atoms with Crippen molar-refractivity contribution in [3.8, 4) is 0 Å². The third kappa shape index (κ3) is 7.46. The molecule has 0 fully saturated rings. The van der Waals surface area contributed by atoms with E-state index in [-0.39, 0.29) is 0 Å². The molecule has 1 N–H and O–H groups in total. The van der Waals surface area contributed by atoms with Crippen molar-refractivity contribution in [3.05, 3.63) is 0 Å². The minimum absolute atomic E-state index is 0.613. The summed E-state index contributed by atoms with van der Waals surface area (Å²) in [6.45, 7) is 1.55. The van der Waals surface area contributed by atoms with Crippen LogP contribution in [-0.4, -0.2) is 32.1 Å². The van der Waals surface area contributed by atoms with Crippen LogP contribution in [0.15, 0.2) is 0 Å². The Morgan fingerprint density at radius 1 is 1.38 bits per heavy atom. The monoisotopic (exact) mass is 434 g/mol. The van der Waals surface area contributed by atoms with Crippen molar-refractivity contribution in [2.45, 2.75) is 6.42 Å². The molecule has 0 amide bonds. The first-order valence-corrected chi connectivity index (χ1v) is 6.95. The lowest BCUT2D eigenvalue weighted by atomic mass is 10.4. The summed E-state index contributed by atoms with van der Waals surface area (Å²) in [4.78, 5) is 2.06. The lowest BCUT2D eigenvalue weighted by Gasteiger charge is -2.13. The quantitative estimate of drug-likeness (QED) is 0.379. The van der Waals surface area contributed by atoms with Gasteiger partial charge in [-0.25, -0.2) is 15.4 Å². The van der Waals surface area contributed by atoms with E-state index in [1.54, 1.807) is 46.0 Å². The van der Waals surface area contributed by atoms with E-state index < -0.39 is 7.75 Å². The molecular weight excluding hydrogens is 421 g/mol. The number of hydrogen-bond acceptors (Lipinski definition) is 4. The van der Waals surface area contributed by atoms with Crippen LogP contribution in [0.4, 0.5) is 0 Å². The molecule has 0 heterocycles. The lowest BCUT2D eigenvalue weighted by Crippen LogP contribution is -2.19. The summed E-state index contributed by atoms with van der Waals surface area (Å²) in [5.74, 6) is 0. The molecule has 0 radical (unpaired) electrons. The zero-order valence-corrected chi connectivity index (χ0v) is 12.7. The number of rotatable bonds is 7. The summed E-state index contributed by atoms with van der Waals surface area (Å²) in [5.41, 5.74) is 0. The standard InChI is InChI=1S/C5H13I2N2O3P/c1-9(2)5-3-4-8-13(10,11-6)12-7/h3-5H2,1-2H3,(H,8,10). The largest absolute Gasteiger partial charge is 0.424 e. The maximum absolute atomic E-state index is 11.4. The van der Waals surface area contributed by atoms with Gasteiger partial charge >= 0.3 is 7.75 Å². The van der Waals surface area contributed by atoms with Gasteiger partial charge in [0.25, 0.3) is 0 Å². The molecule has 0 unspecified atom stereocenters. The molecule has 0 aliphatic rings. The molecule has 0 aromatic carbocycles.